The molecule has 0 spiro atoms. The van der Waals surface area contributed by atoms with Crippen LogP contribution in [0.2, 0.25) is 0 Å². The summed E-state index contributed by atoms with van der Waals surface area (Å²) in [4.78, 5) is 26.1. The van der Waals surface area contributed by atoms with Crippen molar-refractivity contribution in [3.05, 3.63) is 40.3 Å². The first-order valence-electron chi connectivity index (χ1n) is 4.89. The Labute approximate surface area is 94.8 Å². The van der Waals surface area contributed by atoms with Crippen LogP contribution in [0.25, 0.3) is 11.0 Å². The average Bonchev–Trinajstić information content (AvgIpc) is 2.29. The minimum absolute atomic E-state index is 0.0921. The Morgan fingerprint density at radius 1 is 1.53 bits per heavy atom. The zero-order chi connectivity index (χ0) is 12.4. The standard InChI is InChI=1S/C11H8FNO4/c1-2-16-10(14)9-7-5-6(12)3-4-8(7)17-11(15)13-9/h3-5H,2H2,1H3. The maximum atomic E-state index is 13.1. The van der Waals surface area contributed by atoms with Gasteiger partial charge in [-0.2, -0.15) is 4.98 Å². The maximum Gasteiger partial charge on any atom is 0.439 e. The lowest BCUT2D eigenvalue weighted by molar-refractivity contribution is 0.0520. The summed E-state index contributed by atoms with van der Waals surface area (Å²) in [5.74, 6) is -2.26. The van der Waals surface area contributed by atoms with Gasteiger partial charge in [0.25, 0.3) is 0 Å². The van der Waals surface area contributed by atoms with Gasteiger partial charge in [0.05, 0.1) is 12.0 Å². The molecule has 17 heavy (non-hydrogen) atoms. The first-order chi connectivity index (χ1) is 8.11. The van der Waals surface area contributed by atoms with Crippen molar-refractivity contribution in [1.29, 1.82) is 0 Å². The molecular formula is C11H8FNO4. The van der Waals surface area contributed by atoms with E-state index in [0.717, 1.165) is 12.1 Å². The highest BCUT2D eigenvalue weighted by molar-refractivity contribution is 6.00. The van der Waals surface area contributed by atoms with Crippen molar-refractivity contribution in [2.24, 2.45) is 0 Å². The number of halogens is 1. The van der Waals surface area contributed by atoms with Crippen LogP contribution in [0.15, 0.2) is 27.4 Å². The smallest absolute Gasteiger partial charge is 0.439 e. The molecule has 1 aromatic carbocycles. The van der Waals surface area contributed by atoms with E-state index < -0.39 is 17.5 Å². The van der Waals surface area contributed by atoms with E-state index in [4.69, 9.17) is 9.15 Å². The van der Waals surface area contributed by atoms with Crippen LogP contribution in [0, 0.1) is 5.82 Å². The van der Waals surface area contributed by atoms with Gasteiger partial charge in [-0.05, 0) is 25.1 Å². The van der Waals surface area contributed by atoms with Crippen LogP contribution in [-0.2, 0) is 4.74 Å². The van der Waals surface area contributed by atoms with Crippen molar-refractivity contribution in [3.63, 3.8) is 0 Å². The van der Waals surface area contributed by atoms with Gasteiger partial charge in [-0.25, -0.2) is 14.0 Å². The van der Waals surface area contributed by atoms with Gasteiger partial charge in [-0.3, -0.25) is 0 Å². The molecule has 0 unspecified atom stereocenters. The molecule has 6 heteroatoms. The highest BCUT2D eigenvalue weighted by Crippen LogP contribution is 2.17. The molecule has 0 aliphatic carbocycles. The molecule has 0 bridgehead atoms. The number of nitrogens with zero attached hydrogens (tertiary/aromatic N) is 1. The van der Waals surface area contributed by atoms with Crippen molar-refractivity contribution in [3.8, 4) is 0 Å². The summed E-state index contributed by atoms with van der Waals surface area (Å²) < 4.78 is 22.5. The van der Waals surface area contributed by atoms with Crippen LogP contribution >= 0.6 is 0 Å². The topological polar surface area (TPSA) is 69.4 Å². The van der Waals surface area contributed by atoms with Crippen LogP contribution in [-0.4, -0.2) is 17.6 Å². The number of carbonyl (C=O) groups excluding carboxylic acids is 1. The Balaban J connectivity index is 2.71. The summed E-state index contributed by atoms with van der Waals surface area (Å²) in [6.07, 6.45) is 0. The number of hydrogen-bond donors (Lipinski definition) is 0. The van der Waals surface area contributed by atoms with Gasteiger partial charge in [-0.1, -0.05) is 0 Å². The van der Waals surface area contributed by atoms with Crippen molar-refractivity contribution in [2.45, 2.75) is 6.92 Å². The average molecular weight is 237 g/mol. The predicted molar refractivity (Wildman–Crippen MR) is 56.2 cm³/mol. The largest absolute Gasteiger partial charge is 0.461 e. The number of benzene rings is 1. The molecule has 88 valence electrons. The third kappa shape index (κ3) is 2.15. The minimum Gasteiger partial charge on any atom is -0.461 e. The van der Waals surface area contributed by atoms with Crippen LogP contribution in [0.3, 0.4) is 0 Å². The van der Waals surface area contributed by atoms with Crippen LogP contribution in [0.1, 0.15) is 17.4 Å². The molecule has 0 amide bonds. The lowest BCUT2D eigenvalue weighted by Crippen LogP contribution is -2.15. The Bertz CT molecular complexity index is 635. The van der Waals surface area contributed by atoms with E-state index >= 15 is 0 Å². The third-order valence-corrected chi connectivity index (χ3v) is 2.07. The first-order valence-corrected chi connectivity index (χ1v) is 4.89. The van der Waals surface area contributed by atoms with Gasteiger partial charge < -0.3 is 9.15 Å². The lowest BCUT2D eigenvalue weighted by atomic mass is 10.2. The fourth-order valence-electron chi connectivity index (χ4n) is 1.40. The molecule has 5 nitrogen and oxygen atoms in total. The van der Waals surface area contributed by atoms with Crippen molar-refractivity contribution < 1.29 is 18.3 Å². The summed E-state index contributed by atoms with van der Waals surface area (Å²) in [5, 5.41) is 0.114. The maximum absolute atomic E-state index is 13.1. The van der Waals surface area contributed by atoms with E-state index in [1.807, 2.05) is 0 Å². The number of ether oxygens (including phenoxy) is 1. The highest BCUT2D eigenvalue weighted by atomic mass is 19.1. The lowest BCUT2D eigenvalue weighted by Gasteiger charge is -2.03. The van der Waals surface area contributed by atoms with Gasteiger partial charge in [0.1, 0.15) is 11.4 Å². The zero-order valence-corrected chi connectivity index (χ0v) is 8.90. The molecule has 2 aromatic rings. The first kappa shape index (κ1) is 11.3. The van der Waals surface area contributed by atoms with E-state index in [1.54, 1.807) is 6.92 Å². The Morgan fingerprint density at radius 2 is 2.29 bits per heavy atom. The molecule has 1 heterocycles. The quantitative estimate of drug-likeness (QED) is 0.740. The van der Waals surface area contributed by atoms with E-state index in [1.165, 1.54) is 6.07 Å². The van der Waals surface area contributed by atoms with Crippen molar-refractivity contribution in [2.75, 3.05) is 6.61 Å². The normalized spacial score (nSPS) is 10.5. The fraction of sp³-hybridized carbons (Fsp3) is 0.182. The van der Waals surface area contributed by atoms with Crippen LogP contribution in [0.5, 0.6) is 0 Å². The second-order valence-electron chi connectivity index (χ2n) is 3.19. The Hall–Kier alpha value is -2.24. The van der Waals surface area contributed by atoms with Gasteiger partial charge >= 0.3 is 11.7 Å². The predicted octanol–water partition coefficient (Wildman–Crippen LogP) is 1.50. The number of carbonyl (C=O) groups is 1. The van der Waals surface area contributed by atoms with E-state index in [2.05, 4.69) is 4.98 Å². The van der Waals surface area contributed by atoms with Gasteiger partial charge in [0.15, 0.2) is 5.69 Å². The fourth-order valence-corrected chi connectivity index (χ4v) is 1.40. The summed E-state index contributed by atoms with van der Waals surface area (Å²) in [6.45, 7) is 1.75. The Morgan fingerprint density at radius 3 is 3.00 bits per heavy atom. The van der Waals surface area contributed by atoms with Crippen molar-refractivity contribution in [1.82, 2.24) is 4.98 Å². The third-order valence-electron chi connectivity index (χ3n) is 2.07. The molecule has 0 N–H and O–H groups in total. The molecule has 0 radical (unpaired) electrons. The molecule has 0 aliphatic heterocycles. The molecule has 2 rings (SSSR count). The summed E-state index contributed by atoms with van der Waals surface area (Å²) in [7, 11) is 0. The van der Waals surface area contributed by atoms with E-state index in [9.17, 15) is 14.0 Å². The van der Waals surface area contributed by atoms with Crippen LogP contribution in [0.4, 0.5) is 4.39 Å². The minimum atomic E-state index is -0.924. The molecule has 1 aromatic heterocycles. The Kier molecular flexibility index (Phi) is 2.86. The van der Waals surface area contributed by atoms with Gasteiger partial charge in [-0.15, -0.1) is 0 Å². The van der Waals surface area contributed by atoms with Gasteiger partial charge in [0.2, 0.25) is 0 Å². The number of rotatable bonds is 2. The molecule has 0 atom stereocenters. The number of fused-ring (bicyclic) bond motifs is 1. The van der Waals surface area contributed by atoms with E-state index in [-0.39, 0.29) is 23.3 Å². The zero-order valence-electron chi connectivity index (χ0n) is 8.90. The summed E-state index contributed by atoms with van der Waals surface area (Å²) >= 11 is 0. The summed E-state index contributed by atoms with van der Waals surface area (Å²) in [6, 6.07) is 3.45. The number of esters is 1. The SMILES string of the molecule is CCOC(=O)c1nc(=O)oc2ccc(F)cc12. The molecule has 0 aliphatic rings. The molecule has 0 saturated heterocycles. The summed E-state index contributed by atoms with van der Waals surface area (Å²) in [5.41, 5.74) is -0.146. The van der Waals surface area contributed by atoms with Crippen molar-refractivity contribution >= 4 is 16.9 Å². The van der Waals surface area contributed by atoms with E-state index in [0.29, 0.717) is 0 Å². The van der Waals surface area contributed by atoms with Gasteiger partial charge in [0, 0.05) is 0 Å². The molecule has 0 saturated carbocycles. The number of hydrogen-bond acceptors (Lipinski definition) is 5. The second kappa shape index (κ2) is 4.32. The monoisotopic (exact) mass is 237 g/mol. The highest BCUT2D eigenvalue weighted by Gasteiger charge is 2.16. The van der Waals surface area contributed by atoms with Crippen LogP contribution < -0.4 is 5.76 Å². The molecular weight excluding hydrogens is 229 g/mol. The second-order valence-corrected chi connectivity index (χ2v) is 3.19. The number of aromatic nitrogens is 1. The molecule has 0 fully saturated rings.